The first-order valence-corrected chi connectivity index (χ1v) is 5.92. The lowest BCUT2D eigenvalue weighted by atomic mass is 9.78. The molecular weight excluding hydrogens is 215 g/mol. The number of hydrogen-bond donors (Lipinski definition) is 1. The van der Waals surface area contributed by atoms with Gasteiger partial charge < -0.3 is 14.4 Å². The normalized spacial score (nSPS) is 30.3. The molecule has 0 saturated carbocycles. The van der Waals surface area contributed by atoms with Gasteiger partial charge in [-0.3, -0.25) is 0 Å². The summed E-state index contributed by atoms with van der Waals surface area (Å²) in [5, 5.41) is 9.47. The van der Waals surface area contributed by atoms with Crippen molar-refractivity contribution in [1.82, 2.24) is 0 Å². The molecule has 0 aromatic rings. The summed E-state index contributed by atoms with van der Waals surface area (Å²) < 4.78 is 11.9. The van der Waals surface area contributed by atoms with Crippen LogP contribution in [-0.4, -0.2) is 29.5 Å². The quantitative estimate of drug-likeness (QED) is 0.705. The van der Waals surface area contributed by atoms with E-state index in [1.165, 1.54) is 0 Å². The fraction of sp³-hybridized carbons (Fsp3) is 0.538. The van der Waals surface area contributed by atoms with Gasteiger partial charge in [0.2, 0.25) is 0 Å². The fourth-order valence-corrected chi connectivity index (χ4v) is 1.75. The topological polar surface area (TPSA) is 38.7 Å². The Balaban J connectivity index is 2.19. The molecule has 0 bridgehead atoms. The largest absolute Gasteiger partial charge is 0.494 e. The molecule has 1 N–H and O–H groups in total. The predicted molar refractivity (Wildman–Crippen MR) is 68.5 cm³/mol. The van der Waals surface area contributed by atoms with Crippen LogP contribution < -0.4 is 0 Å². The van der Waals surface area contributed by atoms with Gasteiger partial charge in [-0.2, -0.15) is 0 Å². The Hall–Kier alpha value is -0.835. The third-order valence-corrected chi connectivity index (χ3v) is 3.61. The van der Waals surface area contributed by atoms with E-state index in [1.54, 1.807) is 12.2 Å². The molecular formula is C13H19BO3. The summed E-state index contributed by atoms with van der Waals surface area (Å²) in [7, 11) is -0.369. The molecule has 2 rings (SSSR count). The van der Waals surface area contributed by atoms with Crippen molar-refractivity contribution in [1.29, 1.82) is 0 Å². The van der Waals surface area contributed by atoms with Crippen molar-refractivity contribution < 1.29 is 14.4 Å². The van der Waals surface area contributed by atoms with E-state index in [2.05, 4.69) is 0 Å². The average Bonchev–Trinajstić information content (AvgIpc) is 2.39. The zero-order valence-corrected chi connectivity index (χ0v) is 10.8. The second kappa shape index (κ2) is 4.12. The number of aliphatic hydroxyl groups excluding tert-OH is 1. The Kier molecular flexibility index (Phi) is 3.06. The third kappa shape index (κ3) is 2.39. The standard InChI is InChI=1S/C13H19BO3/c1-12(2)13(3,4)17-14(16-12)10-6-5-7-11(15)9-8-10/h5-9,11,15H,1-4H3. The Morgan fingerprint density at radius 1 is 1.12 bits per heavy atom. The molecule has 0 spiro atoms. The number of rotatable bonds is 1. The molecule has 1 aliphatic heterocycles. The highest BCUT2D eigenvalue weighted by molar-refractivity contribution is 6.55. The van der Waals surface area contributed by atoms with E-state index in [4.69, 9.17) is 9.31 Å². The molecule has 1 fully saturated rings. The average molecular weight is 234 g/mol. The molecule has 0 aromatic carbocycles. The second-order valence-corrected chi connectivity index (χ2v) is 5.49. The van der Waals surface area contributed by atoms with E-state index in [1.807, 2.05) is 45.9 Å². The van der Waals surface area contributed by atoms with Gasteiger partial charge in [0, 0.05) is 0 Å². The van der Waals surface area contributed by atoms with Crippen molar-refractivity contribution in [3.8, 4) is 0 Å². The monoisotopic (exact) mass is 234 g/mol. The maximum absolute atomic E-state index is 9.47. The van der Waals surface area contributed by atoms with Crippen LogP contribution in [0.25, 0.3) is 0 Å². The van der Waals surface area contributed by atoms with Gasteiger partial charge in [-0.05, 0) is 33.2 Å². The van der Waals surface area contributed by atoms with Crippen LogP contribution in [0.4, 0.5) is 0 Å². The van der Waals surface area contributed by atoms with Gasteiger partial charge in [-0.25, -0.2) is 0 Å². The highest BCUT2D eigenvalue weighted by atomic mass is 16.7. The first-order valence-electron chi connectivity index (χ1n) is 5.92. The Morgan fingerprint density at radius 2 is 1.71 bits per heavy atom. The van der Waals surface area contributed by atoms with Gasteiger partial charge in [0.05, 0.1) is 17.3 Å². The van der Waals surface area contributed by atoms with E-state index in [-0.39, 0.29) is 18.3 Å². The summed E-state index contributed by atoms with van der Waals surface area (Å²) in [6.45, 7) is 8.11. The van der Waals surface area contributed by atoms with Gasteiger partial charge in [0.1, 0.15) is 0 Å². The summed E-state index contributed by atoms with van der Waals surface area (Å²) in [6.07, 6.45) is 8.49. The van der Waals surface area contributed by atoms with E-state index >= 15 is 0 Å². The van der Waals surface area contributed by atoms with Crippen LogP contribution in [0.15, 0.2) is 35.9 Å². The van der Waals surface area contributed by atoms with Gasteiger partial charge in [-0.1, -0.05) is 30.4 Å². The Bertz CT molecular complexity index is 377. The summed E-state index contributed by atoms with van der Waals surface area (Å²) in [5.41, 5.74) is 0.263. The Labute approximate surface area is 103 Å². The van der Waals surface area contributed by atoms with Crippen LogP contribution in [0.5, 0.6) is 0 Å². The van der Waals surface area contributed by atoms with E-state index < -0.39 is 6.10 Å². The maximum Gasteiger partial charge on any atom is 0.494 e. The molecule has 0 amide bonds. The molecule has 4 heteroatoms. The number of hydrogen-bond acceptors (Lipinski definition) is 3. The maximum atomic E-state index is 9.47. The van der Waals surface area contributed by atoms with Crippen LogP contribution >= 0.6 is 0 Å². The van der Waals surface area contributed by atoms with Crippen LogP contribution in [-0.2, 0) is 9.31 Å². The summed E-state index contributed by atoms with van der Waals surface area (Å²) in [6, 6.07) is 0. The lowest BCUT2D eigenvalue weighted by Crippen LogP contribution is -2.41. The summed E-state index contributed by atoms with van der Waals surface area (Å²) in [5.74, 6) is 0. The highest BCUT2D eigenvalue weighted by Gasteiger charge is 2.51. The van der Waals surface area contributed by atoms with Crippen LogP contribution in [0, 0.1) is 0 Å². The van der Waals surface area contributed by atoms with Gasteiger partial charge in [-0.15, -0.1) is 0 Å². The van der Waals surface area contributed by atoms with E-state index in [9.17, 15) is 5.11 Å². The molecule has 1 heterocycles. The lowest BCUT2D eigenvalue weighted by Gasteiger charge is -2.32. The minimum atomic E-state index is -0.536. The fourth-order valence-electron chi connectivity index (χ4n) is 1.75. The van der Waals surface area contributed by atoms with Gasteiger partial charge >= 0.3 is 7.12 Å². The van der Waals surface area contributed by atoms with Crippen molar-refractivity contribution in [2.24, 2.45) is 0 Å². The minimum absolute atomic E-state index is 0.332. The van der Waals surface area contributed by atoms with E-state index in [0.29, 0.717) is 0 Å². The second-order valence-electron chi connectivity index (χ2n) is 5.49. The molecule has 92 valence electrons. The molecule has 17 heavy (non-hydrogen) atoms. The molecule has 2 aliphatic rings. The molecule has 1 atom stereocenters. The minimum Gasteiger partial charge on any atom is -0.399 e. The third-order valence-electron chi connectivity index (χ3n) is 3.61. The smallest absolute Gasteiger partial charge is 0.399 e. The molecule has 1 aliphatic carbocycles. The zero-order chi connectivity index (χ0) is 12.7. The molecule has 3 nitrogen and oxygen atoms in total. The SMILES string of the molecule is CC1(C)OB(C2=CC=CC(O)C=C2)OC1(C)C. The zero-order valence-electron chi connectivity index (χ0n) is 10.8. The van der Waals surface area contributed by atoms with E-state index in [0.717, 1.165) is 5.47 Å². The van der Waals surface area contributed by atoms with Crippen LogP contribution in [0.2, 0.25) is 0 Å². The first kappa shape index (κ1) is 12.6. The van der Waals surface area contributed by atoms with Gasteiger partial charge in [0.25, 0.3) is 0 Å². The Morgan fingerprint density at radius 3 is 2.29 bits per heavy atom. The van der Waals surface area contributed by atoms with Crippen molar-refractivity contribution in [3.63, 3.8) is 0 Å². The molecule has 1 unspecified atom stereocenters. The number of allylic oxidation sites excluding steroid dienone is 4. The van der Waals surface area contributed by atoms with Crippen molar-refractivity contribution in [2.75, 3.05) is 0 Å². The lowest BCUT2D eigenvalue weighted by molar-refractivity contribution is 0.00578. The van der Waals surface area contributed by atoms with Crippen molar-refractivity contribution in [2.45, 2.75) is 45.0 Å². The molecule has 0 radical (unpaired) electrons. The van der Waals surface area contributed by atoms with Gasteiger partial charge in [0.15, 0.2) is 0 Å². The highest BCUT2D eigenvalue weighted by Crippen LogP contribution is 2.38. The van der Waals surface area contributed by atoms with Crippen molar-refractivity contribution >= 4 is 7.12 Å². The molecule has 1 saturated heterocycles. The first-order chi connectivity index (χ1) is 7.82. The molecule has 0 aromatic heterocycles. The predicted octanol–water partition coefficient (Wildman–Crippen LogP) is 2.03. The van der Waals surface area contributed by atoms with Crippen molar-refractivity contribution in [3.05, 3.63) is 35.9 Å². The number of aliphatic hydroxyl groups is 1. The van der Waals surface area contributed by atoms with Crippen LogP contribution in [0.3, 0.4) is 0 Å². The summed E-state index contributed by atoms with van der Waals surface area (Å²) in [4.78, 5) is 0. The summed E-state index contributed by atoms with van der Waals surface area (Å²) >= 11 is 0. The van der Waals surface area contributed by atoms with Crippen LogP contribution in [0.1, 0.15) is 27.7 Å².